The largest absolute Gasteiger partial charge is 0.352 e. The lowest BCUT2D eigenvalue weighted by atomic mass is 9.89. The fraction of sp³-hybridized carbons (Fsp3) is 0.682. The average molecular weight is 397 g/mol. The van der Waals surface area contributed by atoms with E-state index in [1.54, 1.807) is 4.88 Å². The van der Waals surface area contributed by atoms with E-state index in [1.807, 2.05) is 11.3 Å². The number of carbonyl (C=O) groups excluding carboxylic acids is 1. The molecule has 6 heteroatoms. The molecule has 28 heavy (non-hydrogen) atoms. The number of piperazine rings is 1. The van der Waals surface area contributed by atoms with Gasteiger partial charge in [-0.2, -0.15) is 0 Å². The predicted octanol–water partition coefficient (Wildman–Crippen LogP) is 3.75. The first-order valence-electron chi connectivity index (χ1n) is 11.0. The van der Waals surface area contributed by atoms with Gasteiger partial charge in [-0.15, -0.1) is 11.3 Å². The van der Waals surface area contributed by atoms with E-state index in [9.17, 15) is 4.79 Å². The molecule has 2 aromatic heterocycles. The van der Waals surface area contributed by atoms with Gasteiger partial charge in [-0.1, -0.05) is 6.92 Å². The molecule has 0 radical (unpaired) electrons. The Hall–Kier alpha value is -1.69. The quantitative estimate of drug-likeness (QED) is 0.793. The van der Waals surface area contributed by atoms with Gasteiger partial charge in [0.15, 0.2) is 0 Å². The first-order valence-corrected chi connectivity index (χ1v) is 11.8. The van der Waals surface area contributed by atoms with Crippen LogP contribution in [0.15, 0.2) is 0 Å². The van der Waals surface area contributed by atoms with Gasteiger partial charge in [0.05, 0.1) is 5.39 Å². The van der Waals surface area contributed by atoms with E-state index in [0.29, 0.717) is 17.7 Å². The highest BCUT2D eigenvalue weighted by Crippen LogP contribution is 2.45. The number of hydrogen-bond donors (Lipinski definition) is 0. The number of carbonyl (C=O) groups is 1. The Bertz CT molecular complexity index is 938. The third-order valence-electron chi connectivity index (χ3n) is 6.91. The number of rotatable bonds is 3. The summed E-state index contributed by atoms with van der Waals surface area (Å²) in [6, 6.07) is 0. The summed E-state index contributed by atoms with van der Waals surface area (Å²) < 4.78 is 0. The Kier molecular flexibility index (Phi) is 3.94. The minimum absolute atomic E-state index is 0.324. The number of nitrogens with zero attached hydrogens (tertiary/aromatic N) is 4. The number of fused-ring (bicyclic) bond motifs is 3. The van der Waals surface area contributed by atoms with Crippen molar-refractivity contribution in [1.82, 2.24) is 14.9 Å². The molecule has 2 saturated carbocycles. The summed E-state index contributed by atoms with van der Waals surface area (Å²) in [5, 5.41) is 1.33. The van der Waals surface area contributed by atoms with Crippen LogP contribution < -0.4 is 4.90 Å². The second-order valence-corrected chi connectivity index (χ2v) is 10.4. The molecule has 3 fully saturated rings. The Balaban J connectivity index is 1.35. The minimum atomic E-state index is 0.324. The van der Waals surface area contributed by atoms with Crippen LogP contribution in [0.1, 0.15) is 61.2 Å². The topological polar surface area (TPSA) is 49.3 Å². The number of aromatic nitrogens is 2. The van der Waals surface area contributed by atoms with Gasteiger partial charge >= 0.3 is 0 Å². The zero-order valence-corrected chi connectivity index (χ0v) is 17.4. The lowest BCUT2D eigenvalue weighted by Gasteiger charge is -2.36. The summed E-state index contributed by atoms with van der Waals surface area (Å²) in [5.41, 5.74) is 1.52. The summed E-state index contributed by atoms with van der Waals surface area (Å²) in [7, 11) is 0. The van der Waals surface area contributed by atoms with Crippen molar-refractivity contribution in [1.29, 1.82) is 0 Å². The van der Waals surface area contributed by atoms with Crippen molar-refractivity contribution in [2.45, 2.75) is 57.8 Å². The number of aryl methyl sites for hydroxylation is 1. The molecule has 1 amide bonds. The van der Waals surface area contributed by atoms with Gasteiger partial charge in [0.1, 0.15) is 16.5 Å². The molecule has 0 unspecified atom stereocenters. The maximum atomic E-state index is 12.4. The predicted molar refractivity (Wildman–Crippen MR) is 112 cm³/mol. The van der Waals surface area contributed by atoms with Crippen LogP contribution in [0.4, 0.5) is 5.82 Å². The molecule has 148 valence electrons. The highest BCUT2D eigenvalue weighted by Gasteiger charge is 2.36. The smallest absolute Gasteiger partial charge is 0.225 e. The fourth-order valence-corrected chi connectivity index (χ4v) is 6.20. The van der Waals surface area contributed by atoms with Crippen molar-refractivity contribution in [3.8, 4) is 0 Å². The summed E-state index contributed by atoms with van der Waals surface area (Å²) in [6.07, 6.45) is 8.28. The molecule has 1 atom stereocenters. The number of thiophene rings is 1. The van der Waals surface area contributed by atoms with Gasteiger partial charge in [0.25, 0.3) is 0 Å². The van der Waals surface area contributed by atoms with E-state index in [1.165, 1.54) is 41.5 Å². The highest BCUT2D eigenvalue weighted by molar-refractivity contribution is 7.19. The molecule has 6 rings (SSSR count). The highest BCUT2D eigenvalue weighted by atomic mass is 32.1. The molecule has 5 nitrogen and oxygen atoms in total. The number of anilines is 1. The summed E-state index contributed by atoms with van der Waals surface area (Å²) >= 11 is 1.92. The Morgan fingerprint density at radius 3 is 2.54 bits per heavy atom. The van der Waals surface area contributed by atoms with Crippen LogP contribution in [0.2, 0.25) is 0 Å². The number of amides is 1. The average Bonchev–Trinajstić information content (AvgIpc) is 3.61. The lowest BCUT2D eigenvalue weighted by Crippen LogP contribution is -2.49. The van der Waals surface area contributed by atoms with Crippen LogP contribution in [0, 0.1) is 11.8 Å². The van der Waals surface area contributed by atoms with E-state index < -0.39 is 0 Å². The minimum Gasteiger partial charge on any atom is -0.352 e. The summed E-state index contributed by atoms with van der Waals surface area (Å²) in [4.78, 5) is 29.8. The van der Waals surface area contributed by atoms with E-state index in [4.69, 9.17) is 9.97 Å². The Labute approximate surface area is 170 Å². The molecule has 1 aliphatic heterocycles. The summed E-state index contributed by atoms with van der Waals surface area (Å²) in [6.45, 7) is 5.84. The van der Waals surface area contributed by atoms with Crippen molar-refractivity contribution in [3.63, 3.8) is 0 Å². The molecule has 0 spiro atoms. The first kappa shape index (κ1) is 17.2. The van der Waals surface area contributed by atoms with Gasteiger partial charge in [0, 0.05) is 42.9 Å². The van der Waals surface area contributed by atoms with Gasteiger partial charge in [-0.3, -0.25) is 4.79 Å². The zero-order chi connectivity index (χ0) is 18.8. The van der Waals surface area contributed by atoms with Crippen LogP contribution in [0.5, 0.6) is 0 Å². The van der Waals surface area contributed by atoms with E-state index >= 15 is 0 Å². The van der Waals surface area contributed by atoms with E-state index in [2.05, 4.69) is 16.7 Å². The first-order chi connectivity index (χ1) is 13.7. The molecular weight excluding hydrogens is 368 g/mol. The van der Waals surface area contributed by atoms with Crippen LogP contribution >= 0.6 is 11.3 Å². The van der Waals surface area contributed by atoms with Crippen molar-refractivity contribution < 1.29 is 4.79 Å². The normalized spacial score (nSPS) is 25.2. The molecular formula is C22H28N4OS. The lowest BCUT2D eigenvalue weighted by molar-refractivity contribution is -0.132. The molecule has 3 heterocycles. The molecule has 2 aromatic rings. The number of hydrogen-bond acceptors (Lipinski definition) is 5. The van der Waals surface area contributed by atoms with Gasteiger partial charge in [-0.25, -0.2) is 9.97 Å². The van der Waals surface area contributed by atoms with Crippen LogP contribution in [0.3, 0.4) is 0 Å². The zero-order valence-electron chi connectivity index (χ0n) is 16.6. The van der Waals surface area contributed by atoms with Crippen LogP contribution in [-0.2, 0) is 17.6 Å². The Morgan fingerprint density at radius 2 is 1.82 bits per heavy atom. The monoisotopic (exact) mass is 396 g/mol. The molecule has 0 bridgehead atoms. The van der Waals surface area contributed by atoms with Crippen molar-refractivity contribution in [3.05, 3.63) is 16.3 Å². The van der Waals surface area contributed by atoms with Crippen molar-refractivity contribution in [2.75, 3.05) is 31.1 Å². The molecule has 1 saturated heterocycles. The third-order valence-corrected chi connectivity index (χ3v) is 8.06. The van der Waals surface area contributed by atoms with Gasteiger partial charge in [0.2, 0.25) is 5.91 Å². The maximum absolute atomic E-state index is 12.4. The fourth-order valence-electron chi connectivity index (χ4n) is 4.82. The van der Waals surface area contributed by atoms with Gasteiger partial charge < -0.3 is 9.80 Å². The third kappa shape index (κ3) is 2.92. The van der Waals surface area contributed by atoms with Crippen molar-refractivity contribution in [2.24, 2.45) is 11.8 Å². The SMILES string of the molecule is C[C@H]1CCc2c(sc3nc(C4CC4)nc(N4CCN(C(=O)C5CC5)CC4)c23)C1. The van der Waals surface area contributed by atoms with Gasteiger partial charge in [-0.05, 0) is 56.4 Å². The molecule has 3 aliphatic carbocycles. The molecule has 0 N–H and O–H groups in total. The maximum Gasteiger partial charge on any atom is 0.225 e. The van der Waals surface area contributed by atoms with Crippen molar-refractivity contribution >= 4 is 33.3 Å². The van der Waals surface area contributed by atoms with E-state index in [0.717, 1.165) is 63.0 Å². The second-order valence-electron chi connectivity index (χ2n) is 9.30. The standard InChI is InChI=1S/C22H28N4OS/c1-13-2-7-16-17(12-13)28-21-18(16)20(23-19(24-21)14-3-4-14)25-8-10-26(11-9-25)22(27)15-5-6-15/h13-15H,2-12H2,1H3/t13-/m0/s1. The van der Waals surface area contributed by atoms with Crippen LogP contribution in [-0.4, -0.2) is 47.0 Å². The molecule has 4 aliphatic rings. The van der Waals surface area contributed by atoms with Crippen LogP contribution in [0.25, 0.3) is 10.2 Å². The second kappa shape index (κ2) is 6.41. The van der Waals surface area contributed by atoms with E-state index in [-0.39, 0.29) is 0 Å². The molecule has 0 aromatic carbocycles. The Morgan fingerprint density at radius 1 is 1.04 bits per heavy atom. The summed E-state index contributed by atoms with van der Waals surface area (Å²) in [5.74, 6) is 4.27.